The van der Waals surface area contributed by atoms with Gasteiger partial charge in [0.15, 0.2) is 17.3 Å². The maximum absolute atomic E-state index is 13.6. The van der Waals surface area contributed by atoms with Gasteiger partial charge in [0.1, 0.15) is 6.61 Å². The molecule has 0 spiro atoms. The molecule has 6 heterocycles. The molecule has 6 aromatic rings. The summed E-state index contributed by atoms with van der Waals surface area (Å²) in [5, 5.41) is 30.4. The number of hydrogen-bond acceptors (Lipinski definition) is 11. The molecule has 0 saturated carbocycles. The summed E-state index contributed by atoms with van der Waals surface area (Å²) in [5.41, 5.74) is 6.82. The molecule has 3 aliphatic heterocycles. The fourth-order valence-corrected chi connectivity index (χ4v) is 8.88. The SMILES string of the molecule is CC[C@@]1(C)C(=O)OCc2c1cc1n(c2=O)Cc2cc3ccccc3nc2-1.O=C1c2cc3c(cc2-c2c1c1cc(CO)c(CO)cc1c(=O)n2CCCCCCO)OCO3. The van der Waals surface area contributed by atoms with Crippen molar-refractivity contribution in [2.45, 2.75) is 84.3 Å². The number of ether oxygens (including phenoxy) is 3. The standard InChI is InChI=1S/C25H25NO7.C21H18N2O3/c27-6-4-2-1-3-5-26-23-17-9-20-21(33-13-32-20)10-18(17)24(30)22(23)16-7-14(11-28)15(12-29)8-19(16)25(26)31;1-3-21(2)15-9-17-18-13(8-12-6-4-5-7-16(12)22-18)10-23(17)19(24)14(15)11-26-20(21)25/h7-10,27-29H,1-6,11-13H2;4-9H,3,10-11H2,1-2H3/t;21-/m.1/s1. The Morgan fingerprint density at radius 1 is 0.797 bits per heavy atom. The fraction of sp³-hybridized carbons (Fsp3) is 0.326. The average Bonchev–Trinajstić information content (AvgIpc) is 3.95. The van der Waals surface area contributed by atoms with Gasteiger partial charge >= 0.3 is 5.97 Å². The van der Waals surface area contributed by atoms with E-state index < -0.39 is 5.41 Å². The number of benzene rings is 3. The smallest absolute Gasteiger partial charge is 0.316 e. The van der Waals surface area contributed by atoms with Crippen LogP contribution in [0.25, 0.3) is 44.3 Å². The summed E-state index contributed by atoms with van der Waals surface area (Å²) in [6, 6.07) is 18.7. The highest BCUT2D eigenvalue weighted by molar-refractivity contribution is 6.27. The van der Waals surface area contributed by atoms with E-state index in [2.05, 4.69) is 6.07 Å². The summed E-state index contributed by atoms with van der Waals surface area (Å²) in [7, 11) is 0. The Kier molecular flexibility index (Phi) is 9.69. The number of cyclic esters (lactones) is 1. The zero-order valence-corrected chi connectivity index (χ0v) is 32.8. The second-order valence-corrected chi connectivity index (χ2v) is 15.6. The summed E-state index contributed by atoms with van der Waals surface area (Å²) in [6.45, 7) is 4.36. The minimum Gasteiger partial charge on any atom is -0.460 e. The molecule has 302 valence electrons. The minimum absolute atomic E-state index is 0.0502. The third kappa shape index (κ3) is 6.06. The van der Waals surface area contributed by atoms with Crippen molar-refractivity contribution in [3.05, 3.63) is 120 Å². The van der Waals surface area contributed by atoms with Crippen molar-refractivity contribution >= 4 is 33.4 Å². The lowest BCUT2D eigenvalue weighted by molar-refractivity contribution is -0.153. The number of aliphatic hydroxyl groups is 3. The molecule has 0 saturated heterocycles. The van der Waals surface area contributed by atoms with Crippen molar-refractivity contribution in [2.75, 3.05) is 13.4 Å². The second-order valence-electron chi connectivity index (χ2n) is 15.6. The summed E-state index contributed by atoms with van der Waals surface area (Å²) in [6.07, 6.45) is 3.70. The molecule has 0 amide bonds. The van der Waals surface area contributed by atoms with Crippen LogP contribution in [0.4, 0.5) is 0 Å². The third-order valence-corrected chi connectivity index (χ3v) is 12.3. The van der Waals surface area contributed by atoms with Crippen LogP contribution in [0.5, 0.6) is 11.5 Å². The normalized spacial score (nSPS) is 16.6. The highest BCUT2D eigenvalue weighted by Crippen LogP contribution is 2.46. The lowest BCUT2D eigenvalue weighted by atomic mass is 9.76. The van der Waals surface area contributed by atoms with Gasteiger partial charge in [0.05, 0.1) is 58.9 Å². The predicted octanol–water partition coefficient (Wildman–Crippen LogP) is 5.63. The van der Waals surface area contributed by atoms with Gasteiger partial charge < -0.3 is 38.7 Å². The van der Waals surface area contributed by atoms with Crippen LogP contribution in [0.1, 0.15) is 89.7 Å². The zero-order valence-electron chi connectivity index (χ0n) is 32.8. The fourth-order valence-electron chi connectivity index (χ4n) is 8.88. The number of carbonyl (C=O) groups excluding carboxylic acids is 2. The largest absolute Gasteiger partial charge is 0.460 e. The number of fused-ring (bicyclic) bond motifs is 11. The number of rotatable bonds is 9. The maximum Gasteiger partial charge on any atom is 0.316 e. The molecule has 3 N–H and O–H groups in total. The van der Waals surface area contributed by atoms with Crippen LogP contribution in [0, 0.1) is 0 Å². The van der Waals surface area contributed by atoms with Gasteiger partial charge in [0.25, 0.3) is 11.1 Å². The first-order valence-electron chi connectivity index (χ1n) is 20.0. The number of esters is 1. The molecule has 0 fully saturated rings. The number of aliphatic hydroxyl groups excluding tert-OH is 3. The van der Waals surface area contributed by atoms with Crippen LogP contribution >= 0.6 is 0 Å². The quantitative estimate of drug-likeness (QED) is 0.122. The van der Waals surface area contributed by atoms with Crippen molar-refractivity contribution < 1.29 is 39.1 Å². The van der Waals surface area contributed by atoms with E-state index in [1.54, 1.807) is 33.4 Å². The van der Waals surface area contributed by atoms with Crippen LogP contribution in [0.2, 0.25) is 0 Å². The van der Waals surface area contributed by atoms with E-state index >= 15 is 0 Å². The molecular weight excluding hydrogens is 755 g/mol. The van der Waals surface area contributed by atoms with Crippen molar-refractivity contribution in [1.82, 2.24) is 14.1 Å². The Morgan fingerprint density at radius 2 is 1.51 bits per heavy atom. The summed E-state index contributed by atoms with van der Waals surface area (Å²) in [5.74, 6) is 0.554. The van der Waals surface area contributed by atoms with E-state index in [4.69, 9.17) is 24.3 Å². The number of ketones is 1. The molecule has 13 heteroatoms. The first-order valence-corrected chi connectivity index (χ1v) is 20.0. The summed E-state index contributed by atoms with van der Waals surface area (Å²) >= 11 is 0. The number of para-hydroxylation sites is 1. The minimum atomic E-state index is -0.790. The van der Waals surface area contributed by atoms with E-state index in [0.717, 1.165) is 46.3 Å². The molecule has 1 atom stereocenters. The number of carbonyl (C=O) groups is 2. The topological polar surface area (TPSA) is 179 Å². The lowest BCUT2D eigenvalue weighted by Crippen LogP contribution is -2.42. The van der Waals surface area contributed by atoms with Gasteiger partial charge in [0, 0.05) is 46.0 Å². The van der Waals surface area contributed by atoms with E-state index in [0.29, 0.717) is 93.7 Å². The van der Waals surface area contributed by atoms with Crippen LogP contribution in [0.15, 0.2) is 70.3 Å². The van der Waals surface area contributed by atoms with Gasteiger partial charge in [-0.05, 0) is 85.3 Å². The van der Waals surface area contributed by atoms with Gasteiger partial charge in [-0.15, -0.1) is 0 Å². The Bertz CT molecular complexity index is 2880. The maximum atomic E-state index is 13.6. The first-order chi connectivity index (χ1) is 28.6. The second kappa shape index (κ2) is 14.9. The van der Waals surface area contributed by atoms with Crippen LogP contribution in [-0.2, 0) is 47.9 Å². The molecule has 59 heavy (non-hydrogen) atoms. The van der Waals surface area contributed by atoms with Crippen LogP contribution in [0.3, 0.4) is 0 Å². The van der Waals surface area contributed by atoms with Crippen molar-refractivity contribution in [2.24, 2.45) is 0 Å². The molecule has 10 rings (SSSR count). The number of nitrogens with zero attached hydrogens (tertiary/aromatic N) is 3. The number of hydrogen-bond donors (Lipinski definition) is 3. The molecule has 1 aliphatic carbocycles. The molecule has 3 aromatic carbocycles. The predicted molar refractivity (Wildman–Crippen MR) is 219 cm³/mol. The Morgan fingerprint density at radius 3 is 2.24 bits per heavy atom. The summed E-state index contributed by atoms with van der Waals surface area (Å²) < 4.78 is 19.7. The van der Waals surface area contributed by atoms with Crippen molar-refractivity contribution in [3.8, 4) is 34.1 Å². The Balaban J connectivity index is 0.000000156. The third-order valence-electron chi connectivity index (χ3n) is 12.3. The lowest BCUT2D eigenvalue weighted by Gasteiger charge is -2.33. The number of aromatic nitrogens is 3. The molecule has 13 nitrogen and oxygen atoms in total. The molecule has 0 unspecified atom stereocenters. The van der Waals surface area contributed by atoms with E-state index in [1.807, 2.05) is 44.2 Å². The Labute approximate surface area is 338 Å². The summed E-state index contributed by atoms with van der Waals surface area (Å²) in [4.78, 5) is 57.5. The number of pyridine rings is 3. The highest BCUT2D eigenvalue weighted by atomic mass is 16.7. The van der Waals surface area contributed by atoms with Gasteiger partial charge in [-0.25, -0.2) is 4.98 Å². The van der Waals surface area contributed by atoms with Crippen molar-refractivity contribution in [3.63, 3.8) is 0 Å². The molecule has 0 radical (unpaired) electrons. The van der Waals surface area contributed by atoms with E-state index in [1.165, 1.54) is 0 Å². The van der Waals surface area contributed by atoms with Gasteiger partial charge in [0.2, 0.25) is 6.79 Å². The van der Waals surface area contributed by atoms with Gasteiger partial charge in [-0.1, -0.05) is 38.0 Å². The number of unbranched alkanes of at least 4 members (excludes halogenated alkanes) is 3. The van der Waals surface area contributed by atoms with E-state index in [9.17, 15) is 29.4 Å². The van der Waals surface area contributed by atoms with Gasteiger partial charge in [-0.2, -0.15) is 0 Å². The Hall–Kier alpha value is -6.15. The molecule has 0 bridgehead atoms. The van der Waals surface area contributed by atoms with Crippen LogP contribution in [-0.4, -0.2) is 54.6 Å². The molecule has 4 aliphatic rings. The van der Waals surface area contributed by atoms with Gasteiger partial charge in [-0.3, -0.25) is 19.2 Å². The van der Waals surface area contributed by atoms with Crippen LogP contribution < -0.4 is 20.6 Å². The van der Waals surface area contributed by atoms with E-state index in [-0.39, 0.29) is 56.1 Å². The van der Waals surface area contributed by atoms with Crippen molar-refractivity contribution in [1.29, 1.82) is 0 Å². The zero-order chi connectivity index (χ0) is 41.2. The first kappa shape index (κ1) is 38.4. The highest BCUT2D eigenvalue weighted by Gasteiger charge is 2.43. The average molecular weight is 798 g/mol. The monoisotopic (exact) mass is 797 g/mol. The molecule has 3 aromatic heterocycles. The molecular formula is C46H43N3O10.